The molecule has 0 saturated carbocycles. The van der Waals surface area contributed by atoms with Gasteiger partial charge in [0.2, 0.25) is 0 Å². The maximum Gasteiger partial charge on any atom is 0.256 e. The van der Waals surface area contributed by atoms with Crippen LogP contribution in [0.25, 0.3) is 11.0 Å². The second kappa shape index (κ2) is 6.25. The molecule has 2 heterocycles. The van der Waals surface area contributed by atoms with Crippen molar-refractivity contribution in [2.75, 3.05) is 4.90 Å². The SMILES string of the molecule is CC(C(=O)N1c2ccccc2Sc2ccccc21)n1nnc2ccccc21. The minimum Gasteiger partial charge on any atom is -0.277 e. The molecule has 5 rings (SSSR count). The minimum absolute atomic E-state index is 0.0362. The number of anilines is 2. The molecule has 0 bridgehead atoms. The van der Waals surface area contributed by atoms with Crippen LogP contribution < -0.4 is 4.90 Å². The second-order valence-electron chi connectivity index (χ2n) is 6.41. The highest BCUT2D eigenvalue weighted by Gasteiger charge is 2.32. The molecular formula is C21H16N4OS. The van der Waals surface area contributed by atoms with Gasteiger partial charge in [-0.15, -0.1) is 5.10 Å². The largest absolute Gasteiger partial charge is 0.277 e. The van der Waals surface area contributed by atoms with E-state index in [1.165, 1.54) is 0 Å². The van der Waals surface area contributed by atoms with Gasteiger partial charge in [0.05, 0.1) is 16.9 Å². The Morgan fingerprint density at radius 3 is 2.19 bits per heavy atom. The molecule has 1 amide bonds. The van der Waals surface area contributed by atoms with Crippen LogP contribution in [0.15, 0.2) is 82.6 Å². The first-order chi connectivity index (χ1) is 13.2. The number of hydrogen-bond donors (Lipinski definition) is 0. The zero-order valence-electron chi connectivity index (χ0n) is 14.6. The van der Waals surface area contributed by atoms with E-state index in [1.54, 1.807) is 16.4 Å². The highest BCUT2D eigenvalue weighted by atomic mass is 32.2. The standard InChI is InChI=1S/C21H16N4OS/c1-14(25-16-9-3-2-8-15(16)22-23-25)21(26)24-17-10-4-6-12-19(17)27-20-13-7-5-11-18(20)24/h2-14H,1H3. The maximum atomic E-state index is 13.6. The molecular weight excluding hydrogens is 356 g/mol. The highest BCUT2D eigenvalue weighted by molar-refractivity contribution is 7.99. The van der Waals surface area contributed by atoms with Gasteiger partial charge in [-0.3, -0.25) is 9.69 Å². The van der Waals surface area contributed by atoms with Crippen LogP contribution in [-0.2, 0) is 4.79 Å². The first-order valence-corrected chi connectivity index (χ1v) is 9.55. The molecule has 1 unspecified atom stereocenters. The van der Waals surface area contributed by atoms with Crippen LogP contribution in [0, 0.1) is 0 Å². The summed E-state index contributed by atoms with van der Waals surface area (Å²) < 4.78 is 1.70. The zero-order valence-corrected chi connectivity index (χ0v) is 15.4. The van der Waals surface area contributed by atoms with Crippen LogP contribution in [0.4, 0.5) is 11.4 Å². The van der Waals surface area contributed by atoms with Gasteiger partial charge in [-0.2, -0.15) is 0 Å². The normalized spacial score (nSPS) is 13.9. The fourth-order valence-corrected chi connectivity index (χ4v) is 4.46. The monoisotopic (exact) mass is 372 g/mol. The zero-order chi connectivity index (χ0) is 18.4. The first kappa shape index (κ1) is 16.1. The quantitative estimate of drug-likeness (QED) is 0.506. The molecule has 0 spiro atoms. The lowest BCUT2D eigenvalue weighted by molar-refractivity contribution is -0.120. The molecule has 1 aromatic heterocycles. The number of fused-ring (bicyclic) bond motifs is 3. The summed E-state index contributed by atoms with van der Waals surface area (Å²) >= 11 is 1.69. The molecule has 1 aliphatic heterocycles. The van der Waals surface area contributed by atoms with E-state index in [4.69, 9.17) is 0 Å². The molecule has 5 nitrogen and oxygen atoms in total. The van der Waals surface area contributed by atoms with Gasteiger partial charge in [0, 0.05) is 9.79 Å². The Hall–Kier alpha value is -3.12. The third-order valence-electron chi connectivity index (χ3n) is 4.75. The summed E-state index contributed by atoms with van der Waals surface area (Å²) in [5.41, 5.74) is 3.45. The summed E-state index contributed by atoms with van der Waals surface area (Å²) in [6, 6.07) is 23.2. The molecule has 3 aromatic carbocycles. The molecule has 6 heteroatoms. The van der Waals surface area contributed by atoms with Crippen LogP contribution >= 0.6 is 11.8 Å². The number of aromatic nitrogens is 3. The van der Waals surface area contributed by atoms with Gasteiger partial charge in [-0.25, -0.2) is 4.68 Å². The molecule has 0 saturated heterocycles. The van der Waals surface area contributed by atoms with Crippen molar-refractivity contribution in [3.8, 4) is 0 Å². The average Bonchev–Trinajstić information content (AvgIpc) is 3.15. The van der Waals surface area contributed by atoms with E-state index in [1.807, 2.05) is 84.6 Å². The predicted molar refractivity (Wildman–Crippen MR) is 106 cm³/mol. The van der Waals surface area contributed by atoms with E-state index in [-0.39, 0.29) is 5.91 Å². The summed E-state index contributed by atoms with van der Waals surface area (Å²) in [4.78, 5) is 17.5. The number of benzene rings is 3. The Morgan fingerprint density at radius 1 is 0.889 bits per heavy atom. The van der Waals surface area contributed by atoms with Crippen molar-refractivity contribution >= 4 is 40.1 Å². The molecule has 132 valence electrons. The van der Waals surface area contributed by atoms with Crippen molar-refractivity contribution in [3.05, 3.63) is 72.8 Å². The van der Waals surface area contributed by atoms with Gasteiger partial charge in [0.1, 0.15) is 11.6 Å². The van der Waals surface area contributed by atoms with Crippen molar-refractivity contribution in [3.63, 3.8) is 0 Å². The number of hydrogen-bond acceptors (Lipinski definition) is 4. The fourth-order valence-electron chi connectivity index (χ4n) is 3.41. The van der Waals surface area contributed by atoms with Gasteiger partial charge >= 0.3 is 0 Å². The Balaban J connectivity index is 1.63. The molecule has 0 N–H and O–H groups in total. The van der Waals surface area contributed by atoms with E-state index in [9.17, 15) is 4.79 Å². The Bertz CT molecular complexity index is 1120. The van der Waals surface area contributed by atoms with Gasteiger partial charge in [-0.1, -0.05) is 53.4 Å². The number of carbonyl (C=O) groups is 1. The maximum absolute atomic E-state index is 13.6. The van der Waals surface area contributed by atoms with Gasteiger partial charge in [-0.05, 0) is 43.3 Å². The van der Waals surface area contributed by atoms with Gasteiger partial charge < -0.3 is 0 Å². The molecule has 4 aromatic rings. The van der Waals surface area contributed by atoms with E-state index in [0.29, 0.717) is 0 Å². The molecule has 0 fully saturated rings. The number of para-hydroxylation sites is 3. The lowest BCUT2D eigenvalue weighted by Crippen LogP contribution is -2.34. The lowest BCUT2D eigenvalue weighted by Gasteiger charge is -2.32. The first-order valence-electron chi connectivity index (χ1n) is 8.74. The minimum atomic E-state index is -0.485. The van der Waals surface area contributed by atoms with Crippen molar-refractivity contribution < 1.29 is 4.79 Å². The van der Waals surface area contributed by atoms with Gasteiger partial charge in [0.25, 0.3) is 5.91 Å². The second-order valence-corrected chi connectivity index (χ2v) is 7.49. The fraction of sp³-hybridized carbons (Fsp3) is 0.0952. The van der Waals surface area contributed by atoms with Gasteiger partial charge in [0.15, 0.2) is 0 Å². The smallest absolute Gasteiger partial charge is 0.256 e. The Labute approximate surface area is 160 Å². The highest BCUT2D eigenvalue weighted by Crippen LogP contribution is 2.48. The molecule has 1 aliphatic rings. The van der Waals surface area contributed by atoms with E-state index < -0.39 is 6.04 Å². The van der Waals surface area contributed by atoms with Crippen LogP contribution in [0.5, 0.6) is 0 Å². The van der Waals surface area contributed by atoms with Crippen molar-refractivity contribution in [2.24, 2.45) is 0 Å². The summed E-state index contributed by atoms with van der Waals surface area (Å²) in [5, 5.41) is 8.43. The van der Waals surface area contributed by atoms with Crippen molar-refractivity contribution in [2.45, 2.75) is 22.8 Å². The van der Waals surface area contributed by atoms with Crippen LogP contribution in [-0.4, -0.2) is 20.9 Å². The van der Waals surface area contributed by atoms with Crippen LogP contribution in [0.3, 0.4) is 0 Å². The molecule has 1 atom stereocenters. The third kappa shape index (κ3) is 2.52. The Kier molecular flexibility index (Phi) is 3.72. The summed E-state index contributed by atoms with van der Waals surface area (Å²) in [5.74, 6) is -0.0362. The Morgan fingerprint density at radius 2 is 1.48 bits per heavy atom. The van der Waals surface area contributed by atoms with Crippen LogP contribution in [0.1, 0.15) is 13.0 Å². The summed E-state index contributed by atoms with van der Waals surface area (Å²) in [7, 11) is 0. The predicted octanol–water partition coefficient (Wildman–Crippen LogP) is 4.82. The third-order valence-corrected chi connectivity index (χ3v) is 5.88. The summed E-state index contributed by atoms with van der Waals surface area (Å²) in [6.07, 6.45) is 0. The number of nitrogens with zero attached hydrogens (tertiary/aromatic N) is 4. The number of amides is 1. The van der Waals surface area contributed by atoms with E-state index in [2.05, 4.69) is 10.3 Å². The summed E-state index contributed by atoms with van der Waals surface area (Å²) in [6.45, 7) is 1.87. The molecule has 27 heavy (non-hydrogen) atoms. The van der Waals surface area contributed by atoms with Crippen molar-refractivity contribution in [1.29, 1.82) is 0 Å². The average molecular weight is 372 g/mol. The lowest BCUT2D eigenvalue weighted by atomic mass is 10.1. The number of carbonyl (C=O) groups excluding carboxylic acids is 1. The van der Waals surface area contributed by atoms with E-state index >= 15 is 0 Å². The molecule has 0 radical (unpaired) electrons. The topological polar surface area (TPSA) is 51.0 Å². The van der Waals surface area contributed by atoms with Crippen LogP contribution in [0.2, 0.25) is 0 Å². The van der Waals surface area contributed by atoms with E-state index in [0.717, 1.165) is 32.2 Å². The number of rotatable bonds is 2. The molecule has 0 aliphatic carbocycles. The van der Waals surface area contributed by atoms with Crippen molar-refractivity contribution in [1.82, 2.24) is 15.0 Å².